The van der Waals surface area contributed by atoms with Gasteiger partial charge in [0, 0.05) is 11.9 Å². The van der Waals surface area contributed by atoms with Gasteiger partial charge in [0.25, 0.3) is 0 Å². The van der Waals surface area contributed by atoms with E-state index in [-0.39, 0.29) is 5.82 Å². The van der Waals surface area contributed by atoms with Gasteiger partial charge in [0.05, 0.1) is 0 Å². The minimum absolute atomic E-state index is 0.137. The van der Waals surface area contributed by atoms with E-state index in [1.54, 1.807) is 12.1 Å². The van der Waals surface area contributed by atoms with Gasteiger partial charge in [-0.1, -0.05) is 0 Å². The first kappa shape index (κ1) is 7.53. The van der Waals surface area contributed by atoms with Gasteiger partial charge in [-0.15, -0.1) is 10.2 Å². The zero-order chi connectivity index (χ0) is 9.42. The normalized spacial score (nSPS) is 10.5. The average Bonchev–Trinajstić information content (AvgIpc) is 2.46. The summed E-state index contributed by atoms with van der Waals surface area (Å²) < 4.78 is 1.33. The van der Waals surface area contributed by atoms with E-state index in [2.05, 4.69) is 10.2 Å². The van der Waals surface area contributed by atoms with Crippen molar-refractivity contribution in [2.45, 2.75) is 0 Å². The minimum Gasteiger partial charge on any atom is -0.475 e. The number of carboxylic acid groups (broad SMARTS) is 1. The van der Waals surface area contributed by atoms with Crippen molar-refractivity contribution in [1.82, 2.24) is 14.6 Å². The van der Waals surface area contributed by atoms with Crippen LogP contribution < -0.4 is 5.73 Å². The Balaban J connectivity index is 2.79. The highest BCUT2D eigenvalue weighted by atomic mass is 16.4. The van der Waals surface area contributed by atoms with Gasteiger partial charge >= 0.3 is 5.97 Å². The average molecular weight is 178 g/mol. The third-order valence-corrected chi connectivity index (χ3v) is 1.62. The van der Waals surface area contributed by atoms with E-state index in [1.807, 2.05) is 0 Å². The number of carbonyl (C=O) groups is 1. The quantitative estimate of drug-likeness (QED) is 0.641. The number of pyridine rings is 1. The van der Waals surface area contributed by atoms with Gasteiger partial charge in [0.2, 0.25) is 5.82 Å². The topological polar surface area (TPSA) is 93.5 Å². The van der Waals surface area contributed by atoms with Crippen LogP contribution in [-0.2, 0) is 0 Å². The Morgan fingerprint density at radius 2 is 2.23 bits per heavy atom. The van der Waals surface area contributed by atoms with Crippen molar-refractivity contribution in [3.05, 3.63) is 24.2 Å². The van der Waals surface area contributed by atoms with Crippen LogP contribution >= 0.6 is 0 Å². The predicted molar refractivity (Wildman–Crippen MR) is 44.4 cm³/mol. The molecule has 6 nitrogen and oxygen atoms in total. The fourth-order valence-electron chi connectivity index (χ4n) is 1.05. The fraction of sp³-hybridized carbons (Fsp3) is 0. The monoisotopic (exact) mass is 178 g/mol. The van der Waals surface area contributed by atoms with Crippen LogP contribution in [0.3, 0.4) is 0 Å². The molecule has 0 fully saturated rings. The molecule has 0 unspecified atom stereocenters. The lowest BCUT2D eigenvalue weighted by Crippen LogP contribution is -2.03. The SMILES string of the molecule is Nc1ccc2nnc(C(=O)O)n2c1. The van der Waals surface area contributed by atoms with Crippen LogP contribution in [0.25, 0.3) is 5.65 Å². The van der Waals surface area contributed by atoms with Crippen LogP contribution in [0, 0.1) is 0 Å². The second-order valence-electron chi connectivity index (χ2n) is 2.52. The fourth-order valence-corrected chi connectivity index (χ4v) is 1.05. The Morgan fingerprint density at radius 1 is 1.46 bits per heavy atom. The number of carboxylic acids is 1. The van der Waals surface area contributed by atoms with Crippen molar-refractivity contribution >= 4 is 17.3 Å². The highest BCUT2D eigenvalue weighted by Crippen LogP contribution is 2.07. The van der Waals surface area contributed by atoms with Crippen LogP contribution in [0.2, 0.25) is 0 Å². The molecule has 66 valence electrons. The number of nitrogens with two attached hydrogens (primary N) is 1. The molecule has 3 N–H and O–H groups in total. The molecule has 0 bridgehead atoms. The molecule has 0 spiro atoms. The molecule has 0 amide bonds. The molecule has 2 heterocycles. The Labute approximate surface area is 72.6 Å². The van der Waals surface area contributed by atoms with E-state index in [1.165, 1.54) is 10.6 Å². The third-order valence-electron chi connectivity index (χ3n) is 1.62. The van der Waals surface area contributed by atoms with Crippen molar-refractivity contribution in [3.63, 3.8) is 0 Å². The summed E-state index contributed by atoms with van der Waals surface area (Å²) in [6.45, 7) is 0. The van der Waals surface area contributed by atoms with Gasteiger partial charge in [-0.05, 0) is 12.1 Å². The molecule has 0 saturated carbocycles. The molecule has 2 aromatic heterocycles. The number of anilines is 1. The lowest BCUT2D eigenvalue weighted by Gasteiger charge is -1.95. The van der Waals surface area contributed by atoms with Gasteiger partial charge in [-0.2, -0.15) is 0 Å². The van der Waals surface area contributed by atoms with Gasteiger partial charge < -0.3 is 10.8 Å². The number of fused-ring (bicyclic) bond motifs is 1. The number of aromatic carboxylic acids is 1. The maximum Gasteiger partial charge on any atom is 0.374 e. The van der Waals surface area contributed by atoms with Gasteiger partial charge in [0.15, 0.2) is 5.65 Å². The van der Waals surface area contributed by atoms with Crippen molar-refractivity contribution in [2.75, 3.05) is 5.73 Å². The maximum atomic E-state index is 10.6. The van der Waals surface area contributed by atoms with Crippen molar-refractivity contribution in [2.24, 2.45) is 0 Å². The van der Waals surface area contributed by atoms with E-state index in [4.69, 9.17) is 10.8 Å². The second-order valence-corrected chi connectivity index (χ2v) is 2.52. The summed E-state index contributed by atoms with van der Waals surface area (Å²) in [7, 11) is 0. The number of rotatable bonds is 1. The summed E-state index contributed by atoms with van der Waals surface area (Å²) in [4.78, 5) is 10.6. The number of nitrogen functional groups attached to an aromatic ring is 1. The lowest BCUT2D eigenvalue weighted by atomic mass is 10.4. The molecular weight excluding hydrogens is 172 g/mol. The predicted octanol–water partition coefficient (Wildman–Crippen LogP) is 0.00970. The summed E-state index contributed by atoms with van der Waals surface area (Å²) in [6.07, 6.45) is 1.47. The Hall–Kier alpha value is -2.11. The maximum absolute atomic E-state index is 10.6. The zero-order valence-corrected chi connectivity index (χ0v) is 6.51. The van der Waals surface area contributed by atoms with Gasteiger partial charge in [-0.3, -0.25) is 4.40 Å². The Kier molecular flexibility index (Phi) is 1.42. The third kappa shape index (κ3) is 1.08. The van der Waals surface area contributed by atoms with E-state index < -0.39 is 5.97 Å². The number of aromatic nitrogens is 3. The molecule has 0 aliphatic carbocycles. The largest absolute Gasteiger partial charge is 0.475 e. The Bertz CT molecular complexity index is 476. The zero-order valence-electron chi connectivity index (χ0n) is 6.51. The molecule has 6 heteroatoms. The molecule has 0 radical (unpaired) electrons. The van der Waals surface area contributed by atoms with E-state index in [0.717, 1.165) is 0 Å². The van der Waals surface area contributed by atoms with Gasteiger partial charge in [0.1, 0.15) is 0 Å². The van der Waals surface area contributed by atoms with Crippen molar-refractivity contribution in [1.29, 1.82) is 0 Å². The summed E-state index contributed by atoms with van der Waals surface area (Å²) in [5, 5.41) is 15.8. The summed E-state index contributed by atoms with van der Waals surface area (Å²) in [5.74, 6) is -1.26. The number of hydrogen-bond donors (Lipinski definition) is 2. The molecule has 0 aliphatic rings. The smallest absolute Gasteiger partial charge is 0.374 e. The minimum atomic E-state index is -1.13. The highest BCUT2D eigenvalue weighted by molar-refractivity contribution is 5.84. The highest BCUT2D eigenvalue weighted by Gasteiger charge is 2.11. The Morgan fingerprint density at radius 3 is 2.92 bits per heavy atom. The summed E-state index contributed by atoms with van der Waals surface area (Å²) in [5.41, 5.74) is 6.41. The van der Waals surface area contributed by atoms with E-state index >= 15 is 0 Å². The lowest BCUT2D eigenvalue weighted by molar-refractivity contribution is 0.0682. The molecule has 0 atom stereocenters. The molecule has 2 aromatic rings. The molecule has 2 rings (SSSR count). The van der Waals surface area contributed by atoms with Crippen molar-refractivity contribution in [3.8, 4) is 0 Å². The van der Waals surface area contributed by atoms with Crippen LogP contribution in [0.5, 0.6) is 0 Å². The molecule has 13 heavy (non-hydrogen) atoms. The van der Waals surface area contributed by atoms with E-state index in [9.17, 15) is 4.79 Å². The van der Waals surface area contributed by atoms with E-state index in [0.29, 0.717) is 11.3 Å². The standard InChI is InChI=1S/C7H6N4O2/c8-4-1-2-5-9-10-6(7(12)13)11(5)3-4/h1-3H,8H2,(H,12,13). The first-order valence-corrected chi connectivity index (χ1v) is 3.52. The summed E-state index contributed by atoms with van der Waals surface area (Å²) in [6, 6.07) is 3.24. The van der Waals surface area contributed by atoms with Crippen molar-refractivity contribution < 1.29 is 9.90 Å². The first-order valence-electron chi connectivity index (χ1n) is 3.52. The number of nitrogens with zero attached hydrogens (tertiary/aromatic N) is 3. The van der Waals surface area contributed by atoms with Crippen LogP contribution in [0.4, 0.5) is 5.69 Å². The van der Waals surface area contributed by atoms with Crippen LogP contribution in [0.15, 0.2) is 18.3 Å². The second kappa shape index (κ2) is 2.44. The molecular formula is C7H6N4O2. The van der Waals surface area contributed by atoms with Gasteiger partial charge in [-0.25, -0.2) is 4.79 Å². The molecule has 0 aromatic carbocycles. The number of hydrogen-bond acceptors (Lipinski definition) is 4. The summed E-state index contributed by atoms with van der Waals surface area (Å²) >= 11 is 0. The van der Waals surface area contributed by atoms with Crippen LogP contribution in [0.1, 0.15) is 10.6 Å². The van der Waals surface area contributed by atoms with Crippen LogP contribution in [-0.4, -0.2) is 25.7 Å². The molecule has 0 aliphatic heterocycles. The molecule has 0 saturated heterocycles. The first-order chi connectivity index (χ1) is 6.18.